The number of nitrogens with zero attached hydrogens (tertiary/aromatic N) is 1. The van der Waals surface area contributed by atoms with E-state index in [0.717, 1.165) is 5.70 Å². The maximum Gasteiger partial charge on any atom is 0.0721 e. The predicted molar refractivity (Wildman–Crippen MR) is 130 cm³/mol. The molecular weight excluding hydrogens is 376 g/mol. The van der Waals surface area contributed by atoms with Gasteiger partial charge in [-0.15, -0.1) is 0 Å². The highest BCUT2D eigenvalue weighted by molar-refractivity contribution is 6.10. The van der Waals surface area contributed by atoms with Crippen molar-refractivity contribution < 1.29 is 0 Å². The fourth-order valence-corrected chi connectivity index (χ4v) is 4.58. The van der Waals surface area contributed by atoms with Gasteiger partial charge in [-0.1, -0.05) is 97.1 Å². The summed E-state index contributed by atoms with van der Waals surface area (Å²) in [6, 6.07) is 38.6. The van der Waals surface area contributed by atoms with Crippen molar-refractivity contribution >= 4 is 33.2 Å². The summed E-state index contributed by atoms with van der Waals surface area (Å²) in [4.78, 5) is 0. The average molecular weight is 399 g/mol. The summed E-state index contributed by atoms with van der Waals surface area (Å²) in [5, 5.41) is 6.31. The molecule has 1 unspecified atom stereocenters. The number of allylic oxidation sites excluding steroid dienone is 2. The monoisotopic (exact) mass is 398 g/mol. The van der Waals surface area contributed by atoms with E-state index in [-0.39, 0.29) is 6.04 Å². The molecule has 6 rings (SSSR count). The molecule has 1 N–H and O–H groups in total. The van der Waals surface area contributed by atoms with Crippen molar-refractivity contribution in [3.63, 3.8) is 0 Å². The fourth-order valence-electron chi connectivity index (χ4n) is 4.58. The highest BCUT2D eigenvalue weighted by Crippen LogP contribution is 2.36. The van der Waals surface area contributed by atoms with Crippen molar-refractivity contribution in [2.24, 2.45) is 0 Å². The Hall–Kier alpha value is -4.04. The van der Waals surface area contributed by atoms with Crippen molar-refractivity contribution in [1.29, 1.82) is 0 Å². The smallest absolute Gasteiger partial charge is 0.0721 e. The molecule has 2 heterocycles. The maximum atomic E-state index is 3.75. The Labute approximate surface area is 181 Å². The molecule has 1 atom stereocenters. The summed E-state index contributed by atoms with van der Waals surface area (Å²) in [5.74, 6) is 0. The minimum atomic E-state index is 0.0938. The quantitative estimate of drug-likeness (QED) is 0.345. The molecule has 148 valence electrons. The molecule has 1 aromatic heterocycles. The first-order chi connectivity index (χ1) is 15.4. The molecule has 0 aliphatic carbocycles. The van der Waals surface area contributed by atoms with Gasteiger partial charge in [-0.05, 0) is 35.4 Å². The van der Waals surface area contributed by atoms with Gasteiger partial charge >= 0.3 is 0 Å². The summed E-state index contributed by atoms with van der Waals surface area (Å²) in [6.07, 6.45) is 4.61. The van der Waals surface area contributed by atoms with Gasteiger partial charge in [0, 0.05) is 22.2 Å². The van der Waals surface area contributed by atoms with E-state index < -0.39 is 0 Å². The third-order valence-corrected chi connectivity index (χ3v) is 6.02. The molecule has 0 radical (unpaired) electrons. The highest BCUT2D eigenvalue weighted by Gasteiger charge is 2.20. The summed E-state index contributed by atoms with van der Waals surface area (Å²) in [7, 11) is 0. The molecule has 0 fully saturated rings. The fraction of sp³-hybridized carbons (Fsp3) is 0.0345. The second kappa shape index (κ2) is 7.33. The Morgan fingerprint density at radius 3 is 1.77 bits per heavy atom. The standard InChI is InChI=1S/C29H22N2/c1-3-11-21(12-4-1)26-19-23(20-27(30-26)22-13-5-2-6-14-22)31-28-17-9-7-15-24(28)25-16-8-10-18-29(25)31/h1-20,26,30H. The molecule has 5 aromatic rings. The van der Waals surface area contributed by atoms with E-state index in [1.54, 1.807) is 0 Å². The number of aromatic nitrogens is 1. The van der Waals surface area contributed by atoms with Crippen molar-refractivity contribution in [3.05, 3.63) is 132 Å². The topological polar surface area (TPSA) is 17.0 Å². The summed E-state index contributed by atoms with van der Waals surface area (Å²) in [6.45, 7) is 0. The van der Waals surface area contributed by atoms with Crippen LogP contribution in [0.4, 0.5) is 0 Å². The summed E-state index contributed by atoms with van der Waals surface area (Å²) >= 11 is 0. The normalized spacial score (nSPS) is 16.1. The van der Waals surface area contributed by atoms with Gasteiger partial charge in [0.05, 0.1) is 17.1 Å². The zero-order valence-corrected chi connectivity index (χ0v) is 17.1. The SMILES string of the molecule is C1=C(c2ccccc2)NC(c2ccccc2)C=C1n1c2ccccc2c2ccccc21. The lowest BCUT2D eigenvalue weighted by molar-refractivity contribution is 0.762. The first-order valence-electron chi connectivity index (χ1n) is 10.7. The Kier molecular flexibility index (Phi) is 4.21. The Morgan fingerprint density at radius 1 is 0.581 bits per heavy atom. The van der Waals surface area contributed by atoms with Crippen LogP contribution in [0.3, 0.4) is 0 Å². The zero-order chi connectivity index (χ0) is 20.6. The molecule has 1 aliphatic rings. The molecule has 0 saturated carbocycles. The molecular formula is C29H22N2. The zero-order valence-electron chi connectivity index (χ0n) is 17.1. The van der Waals surface area contributed by atoms with Crippen molar-refractivity contribution in [2.75, 3.05) is 0 Å². The molecule has 0 bridgehead atoms. The van der Waals surface area contributed by atoms with Crippen LogP contribution in [0.5, 0.6) is 0 Å². The lowest BCUT2D eigenvalue weighted by atomic mass is 9.99. The molecule has 1 aliphatic heterocycles. The molecule has 0 amide bonds. The minimum Gasteiger partial charge on any atom is -0.374 e. The van der Waals surface area contributed by atoms with Gasteiger partial charge in [-0.3, -0.25) is 0 Å². The van der Waals surface area contributed by atoms with E-state index in [2.05, 4.69) is 131 Å². The lowest BCUT2D eigenvalue weighted by Crippen LogP contribution is -2.22. The Balaban J connectivity index is 1.61. The second-order valence-corrected chi connectivity index (χ2v) is 7.92. The van der Waals surface area contributed by atoms with Crippen LogP contribution in [0, 0.1) is 0 Å². The third-order valence-electron chi connectivity index (χ3n) is 6.02. The van der Waals surface area contributed by atoms with E-state index in [1.165, 1.54) is 38.6 Å². The summed E-state index contributed by atoms with van der Waals surface area (Å²) in [5.41, 5.74) is 7.22. The van der Waals surface area contributed by atoms with Crippen LogP contribution >= 0.6 is 0 Å². The molecule has 0 spiro atoms. The highest BCUT2D eigenvalue weighted by atomic mass is 15.0. The average Bonchev–Trinajstić information content (AvgIpc) is 3.19. The number of dihydropyridines is 1. The molecule has 2 heteroatoms. The van der Waals surface area contributed by atoms with Gasteiger partial charge in [0.1, 0.15) is 0 Å². The number of hydrogen-bond donors (Lipinski definition) is 1. The Bertz CT molecular complexity index is 1390. The van der Waals surface area contributed by atoms with Gasteiger partial charge in [-0.25, -0.2) is 0 Å². The van der Waals surface area contributed by atoms with Gasteiger partial charge in [0.2, 0.25) is 0 Å². The van der Waals surface area contributed by atoms with E-state index >= 15 is 0 Å². The lowest BCUT2D eigenvalue weighted by Gasteiger charge is -2.26. The number of hydrogen-bond acceptors (Lipinski definition) is 1. The number of rotatable bonds is 3. The van der Waals surface area contributed by atoms with E-state index in [1.807, 2.05) is 0 Å². The second-order valence-electron chi connectivity index (χ2n) is 7.92. The first kappa shape index (κ1) is 17.8. The number of fused-ring (bicyclic) bond motifs is 3. The van der Waals surface area contributed by atoms with Crippen LogP contribution in [0.25, 0.3) is 33.2 Å². The van der Waals surface area contributed by atoms with E-state index in [4.69, 9.17) is 0 Å². The van der Waals surface area contributed by atoms with Gasteiger partial charge in [-0.2, -0.15) is 0 Å². The minimum absolute atomic E-state index is 0.0938. The van der Waals surface area contributed by atoms with Crippen molar-refractivity contribution in [3.8, 4) is 0 Å². The molecule has 0 saturated heterocycles. The predicted octanol–water partition coefficient (Wildman–Crippen LogP) is 7.02. The maximum absolute atomic E-state index is 3.75. The van der Waals surface area contributed by atoms with Crippen LogP contribution in [0.15, 0.2) is 121 Å². The van der Waals surface area contributed by atoms with E-state index in [0.29, 0.717) is 0 Å². The van der Waals surface area contributed by atoms with Gasteiger partial charge < -0.3 is 9.88 Å². The summed E-state index contributed by atoms with van der Waals surface area (Å²) < 4.78 is 2.39. The number of benzene rings is 4. The van der Waals surface area contributed by atoms with Gasteiger partial charge in [0.15, 0.2) is 0 Å². The molecule has 31 heavy (non-hydrogen) atoms. The Morgan fingerprint density at radius 2 is 1.13 bits per heavy atom. The van der Waals surface area contributed by atoms with Crippen LogP contribution in [0.2, 0.25) is 0 Å². The van der Waals surface area contributed by atoms with Crippen LogP contribution in [-0.4, -0.2) is 4.57 Å². The number of nitrogens with one attached hydrogen (secondary N) is 1. The number of para-hydroxylation sites is 2. The van der Waals surface area contributed by atoms with Crippen LogP contribution in [0.1, 0.15) is 17.2 Å². The van der Waals surface area contributed by atoms with Crippen LogP contribution in [-0.2, 0) is 0 Å². The van der Waals surface area contributed by atoms with Crippen LogP contribution < -0.4 is 5.32 Å². The van der Waals surface area contributed by atoms with E-state index in [9.17, 15) is 0 Å². The van der Waals surface area contributed by atoms with Gasteiger partial charge in [0.25, 0.3) is 0 Å². The largest absolute Gasteiger partial charge is 0.374 e. The third kappa shape index (κ3) is 3.04. The van der Waals surface area contributed by atoms with Crippen molar-refractivity contribution in [1.82, 2.24) is 9.88 Å². The first-order valence-corrected chi connectivity index (χ1v) is 10.7. The molecule has 2 nitrogen and oxygen atoms in total. The molecule has 4 aromatic carbocycles. The van der Waals surface area contributed by atoms with Crippen molar-refractivity contribution in [2.45, 2.75) is 6.04 Å².